The van der Waals surface area contributed by atoms with E-state index in [0.29, 0.717) is 12.1 Å². The van der Waals surface area contributed by atoms with Gasteiger partial charge in [0, 0.05) is 46.8 Å². The van der Waals surface area contributed by atoms with Gasteiger partial charge in [-0.25, -0.2) is 4.98 Å². The number of pyridine rings is 1. The zero-order valence-corrected chi connectivity index (χ0v) is 14.3. The van der Waals surface area contributed by atoms with Crippen molar-refractivity contribution in [3.8, 4) is 11.4 Å². The number of fused-ring (bicyclic) bond motifs is 1. The SMILES string of the molecule is COc1ccc2[nH]c(=O)c(CNc3ccc(-n4ccnc4)cc3)cc2c1. The van der Waals surface area contributed by atoms with E-state index in [2.05, 4.69) is 15.3 Å². The van der Waals surface area contributed by atoms with E-state index in [1.54, 1.807) is 19.6 Å². The number of nitrogens with one attached hydrogen (secondary N) is 2. The predicted molar refractivity (Wildman–Crippen MR) is 102 cm³/mol. The number of benzene rings is 2. The fourth-order valence-corrected chi connectivity index (χ4v) is 2.85. The summed E-state index contributed by atoms with van der Waals surface area (Å²) < 4.78 is 7.19. The number of nitrogens with zero attached hydrogens (tertiary/aromatic N) is 2. The van der Waals surface area contributed by atoms with Gasteiger partial charge >= 0.3 is 0 Å². The first-order valence-electron chi connectivity index (χ1n) is 8.25. The number of hydrogen-bond acceptors (Lipinski definition) is 4. The second-order valence-corrected chi connectivity index (χ2v) is 5.95. The standard InChI is InChI=1S/C20H18N4O2/c1-26-18-6-7-19-14(11-18)10-15(20(25)23-19)12-22-16-2-4-17(5-3-16)24-9-8-21-13-24/h2-11,13,22H,12H2,1H3,(H,23,25). The summed E-state index contributed by atoms with van der Waals surface area (Å²) in [5, 5.41) is 4.23. The molecular formula is C20H18N4O2. The lowest BCUT2D eigenvalue weighted by molar-refractivity contribution is 0.415. The van der Waals surface area contributed by atoms with Crippen LogP contribution in [0.2, 0.25) is 0 Å². The average molecular weight is 346 g/mol. The summed E-state index contributed by atoms with van der Waals surface area (Å²) >= 11 is 0. The molecule has 0 saturated carbocycles. The third-order valence-corrected chi connectivity index (χ3v) is 4.28. The van der Waals surface area contributed by atoms with E-state index in [4.69, 9.17) is 4.74 Å². The van der Waals surface area contributed by atoms with Gasteiger partial charge in [0.25, 0.3) is 5.56 Å². The number of hydrogen-bond donors (Lipinski definition) is 2. The Kier molecular flexibility index (Phi) is 4.15. The van der Waals surface area contributed by atoms with E-state index in [9.17, 15) is 4.79 Å². The van der Waals surface area contributed by atoms with E-state index in [1.807, 2.05) is 59.3 Å². The molecule has 0 radical (unpaired) electrons. The molecule has 4 aromatic rings. The molecule has 0 spiro atoms. The second-order valence-electron chi connectivity index (χ2n) is 5.95. The number of H-pyrrole nitrogens is 1. The molecule has 0 aliphatic heterocycles. The van der Waals surface area contributed by atoms with Crippen molar-refractivity contribution in [1.29, 1.82) is 0 Å². The zero-order chi connectivity index (χ0) is 17.9. The van der Waals surface area contributed by atoms with Gasteiger partial charge < -0.3 is 19.6 Å². The molecule has 0 amide bonds. The van der Waals surface area contributed by atoms with Crippen LogP contribution in [0, 0.1) is 0 Å². The molecule has 2 aromatic carbocycles. The van der Waals surface area contributed by atoms with Crippen molar-refractivity contribution < 1.29 is 4.74 Å². The van der Waals surface area contributed by atoms with Crippen molar-refractivity contribution in [1.82, 2.24) is 14.5 Å². The number of anilines is 1. The van der Waals surface area contributed by atoms with Gasteiger partial charge in [0.1, 0.15) is 5.75 Å². The van der Waals surface area contributed by atoms with E-state index < -0.39 is 0 Å². The van der Waals surface area contributed by atoms with E-state index in [1.165, 1.54) is 0 Å². The van der Waals surface area contributed by atoms with Crippen molar-refractivity contribution in [2.24, 2.45) is 0 Å². The number of imidazole rings is 1. The lowest BCUT2D eigenvalue weighted by atomic mass is 10.1. The van der Waals surface area contributed by atoms with Gasteiger partial charge in [-0.15, -0.1) is 0 Å². The first kappa shape index (κ1) is 16.0. The lowest BCUT2D eigenvalue weighted by Crippen LogP contribution is -2.15. The minimum atomic E-state index is -0.0924. The van der Waals surface area contributed by atoms with Crippen molar-refractivity contribution in [2.75, 3.05) is 12.4 Å². The third kappa shape index (κ3) is 3.17. The molecule has 0 aliphatic rings. The molecule has 0 bridgehead atoms. The van der Waals surface area contributed by atoms with Gasteiger partial charge in [0.15, 0.2) is 0 Å². The number of aromatic nitrogens is 3. The quantitative estimate of drug-likeness (QED) is 0.581. The highest BCUT2D eigenvalue weighted by Crippen LogP contribution is 2.19. The minimum Gasteiger partial charge on any atom is -0.497 e. The number of rotatable bonds is 5. The Morgan fingerprint density at radius 2 is 2.00 bits per heavy atom. The first-order valence-corrected chi connectivity index (χ1v) is 8.25. The molecule has 2 N–H and O–H groups in total. The Bertz CT molecular complexity index is 1080. The van der Waals surface area contributed by atoms with Crippen LogP contribution in [-0.4, -0.2) is 21.6 Å². The Morgan fingerprint density at radius 1 is 1.15 bits per heavy atom. The highest BCUT2D eigenvalue weighted by Gasteiger charge is 2.05. The summed E-state index contributed by atoms with van der Waals surface area (Å²) in [7, 11) is 1.63. The van der Waals surface area contributed by atoms with E-state index in [-0.39, 0.29) is 5.56 Å². The maximum Gasteiger partial charge on any atom is 0.253 e. The number of methoxy groups -OCH3 is 1. The summed E-state index contributed by atoms with van der Waals surface area (Å²) in [6.45, 7) is 0.437. The summed E-state index contributed by atoms with van der Waals surface area (Å²) in [6, 6.07) is 15.4. The van der Waals surface area contributed by atoms with Gasteiger partial charge in [-0.3, -0.25) is 4.79 Å². The van der Waals surface area contributed by atoms with Crippen LogP contribution in [0.3, 0.4) is 0 Å². The Morgan fingerprint density at radius 3 is 2.73 bits per heavy atom. The third-order valence-electron chi connectivity index (χ3n) is 4.28. The minimum absolute atomic E-state index is 0.0924. The fourth-order valence-electron chi connectivity index (χ4n) is 2.85. The van der Waals surface area contributed by atoms with E-state index >= 15 is 0 Å². The van der Waals surface area contributed by atoms with Crippen LogP contribution < -0.4 is 15.6 Å². The van der Waals surface area contributed by atoms with Crippen molar-refractivity contribution in [3.63, 3.8) is 0 Å². The molecule has 2 heterocycles. The molecule has 6 heteroatoms. The molecule has 6 nitrogen and oxygen atoms in total. The summed E-state index contributed by atoms with van der Waals surface area (Å²) in [6.07, 6.45) is 5.39. The summed E-state index contributed by atoms with van der Waals surface area (Å²) in [4.78, 5) is 19.2. The Balaban J connectivity index is 1.53. The number of ether oxygens (including phenoxy) is 1. The molecule has 26 heavy (non-hydrogen) atoms. The zero-order valence-electron chi connectivity index (χ0n) is 14.3. The molecule has 0 unspecified atom stereocenters. The monoisotopic (exact) mass is 346 g/mol. The van der Waals surface area contributed by atoms with Crippen LogP contribution in [0.4, 0.5) is 5.69 Å². The highest BCUT2D eigenvalue weighted by atomic mass is 16.5. The normalized spacial score (nSPS) is 10.8. The van der Waals surface area contributed by atoms with Crippen molar-refractivity contribution >= 4 is 16.6 Å². The Hall–Kier alpha value is -3.54. The second kappa shape index (κ2) is 6.76. The number of aromatic amines is 1. The molecule has 0 fully saturated rings. The highest BCUT2D eigenvalue weighted by molar-refractivity contribution is 5.80. The van der Waals surface area contributed by atoms with Crippen LogP contribution in [0.1, 0.15) is 5.56 Å². The molecule has 0 saturated heterocycles. The van der Waals surface area contributed by atoms with E-state index in [0.717, 1.165) is 28.0 Å². The maximum atomic E-state index is 12.3. The molecule has 2 aromatic heterocycles. The average Bonchev–Trinajstić information content (AvgIpc) is 3.21. The predicted octanol–water partition coefficient (Wildman–Crippen LogP) is 3.33. The van der Waals surface area contributed by atoms with Gasteiger partial charge in [0.2, 0.25) is 0 Å². The Labute approximate surface area is 150 Å². The van der Waals surface area contributed by atoms with Gasteiger partial charge in [-0.2, -0.15) is 0 Å². The molecule has 4 rings (SSSR count). The van der Waals surface area contributed by atoms with Crippen LogP contribution in [0.25, 0.3) is 16.6 Å². The van der Waals surface area contributed by atoms with Gasteiger partial charge in [-0.1, -0.05) is 0 Å². The molecule has 130 valence electrons. The van der Waals surface area contributed by atoms with Crippen LogP contribution in [0.5, 0.6) is 5.75 Å². The van der Waals surface area contributed by atoms with Gasteiger partial charge in [-0.05, 0) is 48.5 Å². The maximum absolute atomic E-state index is 12.3. The van der Waals surface area contributed by atoms with Crippen LogP contribution in [0.15, 0.2) is 72.0 Å². The van der Waals surface area contributed by atoms with Crippen LogP contribution in [-0.2, 0) is 6.54 Å². The topological polar surface area (TPSA) is 71.9 Å². The smallest absolute Gasteiger partial charge is 0.253 e. The van der Waals surface area contributed by atoms with Crippen LogP contribution >= 0.6 is 0 Å². The lowest BCUT2D eigenvalue weighted by Gasteiger charge is -2.09. The molecule has 0 atom stereocenters. The van der Waals surface area contributed by atoms with Gasteiger partial charge in [0.05, 0.1) is 13.4 Å². The largest absolute Gasteiger partial charge is 0.497 e. The molecular weight excluding hydrogens is 328 g/mol. The summed E-state index contributed by atoms with van der Waals surface area (Å²) in [5.74, 6) is 0.763. The van der Waals surface area contributed by atoms with Crippen molar-refractivity contribution in [3.05, 3.63) is 83.2 Å². The van der Waals surface area contributed by atoms with Crippen molar-refractivity contribution in [2.45, 2.75) is 6.54 Å². The summed E-state index contributed by atoms with van der Waals surface area (Å²) in [5.41, 5.74) is 3.35. The fraction of sp³-hybridized carbons (Fsp3) is 0.100. The molecule has 0 aliphatic carbocycles. The first-order chi connectivity index (χ1) is 12.7.